The van der Waals surface area contributed by atoms with Crippen LogP contribution in [-0.2, 0) is 0 Å². The first-order valence-corrected chi connectivity index (χ1v) is 5.33. The van der Waals surface area contributed by atoms with Gasteiger partial charge in [0.05, 0.1) is 13.2 Å². The van der Waals surface area contributed by atoms with Crippen molar-refractivity contribution >= 4 is 12.4 Å². The Morgan fingerprint density at radius 1 is 1.35 bits per heavy atom. The van der Waals surface area contributed by atoms with Crippen molar-refractivity contribution in [1.82, 2.24) is 5.32 Å². The van der Waals surface area contributed by atoms with Crippen LogP contribution in [0, 0.1) is 0 Å². The number of phenols is 1. The number of hydrogen-bond donors (Lipinski definition) is 3. The van der Waals surface area contributed by atoms with E-state index in [2.05, 4.69) is 5.32 Å². The zero-order valence-corrected chi connectivity index (χ0v) is 11.1. The molecule has 17 heavy (non-hydrogen) atoms. The fourth-order valence-corrected chi connectivity index (χ4v) is 1.37. The molecule has 0 unspecified atom stereocenters. The molecule has 0 aromatic heterocycles. The summed E-state index contributed by atoms with van der Waals surface area (Å²) in [6.07, 6.45) is -0.600. The molecule has 0 spiro atoms. The molecule has 4 nitrogen and oxygen atoms in total. The summed E-state index contributed by atoms with van der Waals surface area (Å²) in [6, 6.07) is 5.17. The Hall–Kier alpha value is -0.970. The molecule has 0 saturated carbocycles. The van der Waals surface area contributed by atoms with Crippen molar-refractivity contribution in [3.63, 3.8) is 0 Å². The average molecular weight is 262 g/mol. The highest BCUT2D eigenvalue weighted by atomic mass is 35.5. The van der Waals surface area contributed by atoms with Gasteiger partial charge in [-0.2, -0.15) is 0 Å². The maximum absolute atomic E-state index is 9.88. The molecular formula is C12H20ClNO3. The summed E-state index contributed by atoms with van der Waals surface area (Å²) < 4.78 is 4.98. The van der Waals surface area contributed by atoms with Gasteiger partial charge in [-0.3, -0.25) is 0 Å². The maximum atomic E-state index is 9.88. The molecule has 1 rings (SSSR count). The van der Waals surface area contributed by atoms with Crippen LogP contribution in [0.15, 0.2) is 18.2 Å². The molecule has 3 N–H and O–H groups in total. The summed E-state index contributed by atoms with van der Waals surface area (Å²) in [4.78, 5) is 0. The standard InChI is InChI=1S/C12H19NO3.ClH/c1-8(2)13-7-11(15)9-4-5-10(14)12(6-9)16-3;/h4-6,8,11,13-15H,7H2,1-3H3;1H/t11-;/m0./s1. The molecule has 0 amide bonds. The molecule has 5 heteroatoms. The highest BCUT2D eigenvalue weighted by molar-refractivity contribution is 5.85. The number of ether oxygens (including phenoxy) is 1. The minimum atomic E-state index is -0.600. The van der Waals surface area contributed by atoms with Gasteiger partial charge in [0, 0.05) is 12.6 Å². The summed E-state index contributed by atoms with van der Waals surface area (Å²) in [5, 5.41) is 22.4. The third kappa shape index (κ3) is 4.81. The number of phenolic OH excluding ortho intramolecular Hbond substituents is 1. The number of benzene rings is 1. The van der Waals surface area contributed by atoms with E-state index in [-0.39, 0.29) is 18.2 Å². The topological polar surface area (TPSA) is 61.7 Å². The molecule has 0 heterocycles. The fourth-order valence-electron chi connectivity index (χ4n) is 1.37. The van der Waals surface area contributed by atoms with E-state index in [0.717, 1.165) is 5.56 Å². The van der Waals surface area contributed by atoms with Gasteiger partial charge < -0.3 is 20.3 Å². The number of methoxy groups -OCH3 is 1. The molecular weight excluding hydrogens is 242 g/mol. The van der Waals surface area contributed by atoms with Gasteiger partial charge in [0.15, 0.2) is 11.5 Å². The second-order valence-electron chi connectivity index (χ2n) is 4.01. The quantitative estimate of drug-likeness (QED) is 0.757. The summed E-state index contributed by atoms with van der Waals surface area (Å²) in [6.45, 7) is 4.51. The van der Waals surface area contributed by atoms with Crippen LogP contribution in [0.25, 0.3) is 0 Å². The fraction of sp³-hybridized carbons (Fsp3) is 0.500. The molecule has 0 aliphatic rings. The summed E-state index contributed by atoms with van der Waals surface area (Å²) in [5.74, 6) is 0.455. The molecule has 1 aromatic carbocycles. The Kier molecular flexibility index (Phi) is 6.95. The van der Waals surface area contributed by atoms with Gasteiger partial charge in [0.25, 0.3) is 0 Å². The first-order chi connectivity index (χ1) is 7.54. The monoisotopic (exact) mass is 261 g/mol. The molecule has 0 aliphatic heterocycles. The smallest absolute Gasteiger partial charge is 0.160 e. The predicted molar refractivity (Wildman–Crippen MR) is 70.0 cm³/mol. The van der Waals surface area contributed by atoms with E-state index in [9.17, 15) is 10.2 Å². The van der Waals surface area contributed by atoms with Crippen LogP contribution in [0.2, 0.25) is 0 Å². The lowest BCUT2D eigenvalue weighted by Crippen LogP contribution is -2.27. The Labute approximate surface area is 108 Å². The van der Waals surface area contributed by atoms with Crippen LogP contribution >= 0.6 is 12.4 Å². The zero-order chi connectivity index (χ0) is 12.1. The first kappa shape index (κ1) is 16.0. The minimum Gasteiger partial charge on any atom is -0.504 e. The molecule has 1 atom stereocenters. The van der Waals surface area contributed by atoms with E-state index in [1.807, 2.05) is 13.8 Å². The Balaban J connectivity index is 0.00000256. The van der Waals surface area contributed by atoms with Gasteiger partial charge in [-0.1, -0.05) is 19.9 Å². The Morgan fingerprint density at radius 2 is 2.00 bits per heavy atom. The van der Waals surface area contributed by atoms with Gasteiger partial charge >= 0.3 is 0 Å². The van der Waals surface area contributed by atoms with E-state index in [0.29, 0.717) is 18.3 Å². The molecule has 0 bridgehead atoms. The summed E-state index contributed by atoms with van der Waals surface area (Å²) >= 11 is 0. The largest absolute Gasteiger partial charge is 0.504 e. The van der Waals surface area contributed by atoms with Crippen molar-refractivity contribution in [2.24, 2.45) is 0 Å². The summed E-state index contributed by atoms with van der Waals surface area (Å²) in [7, 11) is 1.48. The average Bonchev–Trinajstić information content (AvgIpc) is 2.26. The maximum Gasteiger partial charge on any atom is 0.160 e. The van der Waals surface area contributed by atoms with Gasteiger partial charge in [0.2, 0.25) is 0 Å². The third-order valence-electron chi connectivity index (χ3n) is 2.31. The van der Waals surface area contributed by atoms with E-state index >= 15 is 0 Å². The van der Waals surface area contributed by atoms with Crippen molar-refractivity contribution in [3.8, 4) is 11.5 Å². The molecule has 0 radical (unpaired) electrons. The van der Waals surface area contributed by atoms with Crippen LogP contribution in [0.1, 0.15) is 25.5 Å². The highest BCUT2D eigenvalue weighted by Gasteiger charge is 2.10. The second kappa shape index (κ2) is 7.37. The molecule has 0 saturated heterocycles. The molecule has 0 aliphatic carbocycles. The Morgan fingerprint density at radius 3 is 2.53 bits per heavy atom. The van der Waals surface area contributed by atoms with Crippen LogP contribution in [-0.4, -0.2) is 29.9 Å². The van der Waals surface area contributed by atoms with Crippen molar-refractivity contribution in [1.29, 1.82) is 0 Å². The number of nitrogens with one attached hydrogen (secondary N) is 1. The van der Waals surface area contributed by atoms with Gasteiger partial charge in [-0.05, 0) is 17.7 Å². The van der Waals surface area contributed by atoms with Crippen molar-refractivity contribution in [3.05, 3.63) is 23.8 Å². The van der Waals surface area contributed by atoms with Crippen LogP contribution in [0.5, 0.6) is 11.5 Å². The third-order valence-corrected chi connectivity index (χ3v) is 2.31. The molecule has 1 aromatic rings. The van der Waals surface area contributed by atoms with Crippen LogP contribution in [0.4, 0.5) is 0 Å². The lowest BCUT2D eigenvalue weighted by Gasteiger charge is -2.15. The lowest BCUT2D eigenvalue weighted by atomic mass is 10.1. The number of aliphatic hydroxyl groups is 1. The SMILES string of the molecule is COc1cc([C@@H](O)CNC(C)C)ccc1O.Cl. The van der Waals surface area contributed by atoms with Gasteiger partial charge in [-0.15, -0.1) is 12.4 Å². The normalized spacial score (nSPS) is 12.1. The van der Waals surface area contributed by atoms with Crippen LogP contribution < -0.4 is 10.1 Å². The number of rotatable bonds is 5. The number of hydrogen-bond acceptors (Lipinski definition) is 4. The van der Waals surface area contributed by atoms with E-state index in [1.165, 1.54) is 13.2 Å². The first-order valence-electron chi connectivity index (χ1n) is 5.33. The lowest BCUT2D eigenvalue weighted by molar-refractivity contribution is 0.171. The van der Waals surface area contributed by atoms with Crippen molar-refractivity contribution in [2.45, 2.75) is 26.0 Å². The number of aromatic hydroxyl groups is 1. The van der Waals surface area contributed by atoms with Crippen molar-refractivity contribution < 1.29 is 14.9 Å². The zero-order valence-electron chi connectivity index (χ0n) is 10.3. The van der Waals surface area contributed by atoms with Gasteiger partial charge in [-0.25, -0.2) is 0 Å². The van der Waals surface area contributed by atoms with E-state index < -0.39 is 6.10 Å². The van der Waals surface area contributed by atoms with E-state index in [4.69, 9.17) is 4.74 Å². The predicted octanol–water partition coefficient (Wildman–Crippen LogP) is 1.85. The number of halogens is 1. The molecule has 98 valence electrons. The summed E-state index contributed by atoms with van der Waals surface area (Å²) in [5.41, 5.74) is 0.725. The minimum absolute atomic E-state index is 0. The Bertz CT molecular complexity index is 345. The molecule has 0 fully saturated rings. The highest BCUT2D eigenvalue weighted by Crippen LogP contribution is 2.28. The van der Waals surface area contributed by atoms with Crippen LogP contribution in [0.3, 0.4) is 0 Å². The van der Waals surface area contributed by atoms with Crippen molar-refractivity contribution in [2.75, 3.05) is 13.7 Å². The number of aliphatic hydroxyl groups excluding tert-OH is 1. The van der Waals surface area contributed by atoms with E-state index in [1.54, 1.807) is 12.1 Å². The second-order valence-corrected chi connectivity index (χ2v) is 4.01. The van der Waals surface area contributed by atoms with Gasteiger partial charge in [0.1, 0.15) is 0 Å².